The van der Waals surface area contributed by atoms with Gasteiger partial charge in [-0.3, -0.25) is 14.5 Å². The van der Waals surface area contributed by atoms with Gasteiger partial charge in [-0.25, -0.2) is 9.37 Å². The lowest BCUT2D eigenvalue weighted by Crippen LogP contribution is -2.45. The molecule has 1 heterocycles. The molecule has 134 valence electrons. The maximum atomic E-state index is 13.0. The number of benzene rings is 1. The summed E-state index contributed by atoms with van der Waals surface area (Å²) in [5.41, 5.74) is 0.359. The summed E-state index contributed by atoms with van der Waals surface area (Å²) in [6.45, 7) is 8.38. The molecule has 0 atom stereocenters. The molecule has 0 aliphatic heterocycles. The summed E-state index contributed by atoms with van der Waals surface area (Å²) < 4.78 is 13.0. The fourth-order valence-electron chi connectivity index (χ4n) is 2.45. The highest BCUT2D eigenvalue weighted by molar-refractivity contribution is 7.14. The van der Waals surface area contributed by atoms with Crippen molar-refractivity contribution < 1.29 is 14.0 Å². The Morgan fingerprint density at radius 3 is 2.28 bits per heavy atom. The first-order valence-corrected chi connectivity index (χ1v) is 8.84. The van der Waals surface area contributed by atoms with E-state index in [1.807, 2.05) is 27.7 Å². The number of carbonyl (C=O) groups is 2. The number of hydrogen-bond acceptors (Lipinski definition) is 4. The van der Waals surface area contributed by atoms with Crippen molar-refractivity contribution in [2.24, 2.45) is 0 Å². The molecule has 1 aromatic carbocycles. The monoisotopic (exact) mass is 363 g/mol. The number of carbonyl (C=O) groups excluding carboxylic acids is 2. The van der Waals surface area contributed by atoms with Gasteiger partial charge in [0.2, 0.25) is 0 Å². The van der Waals surface area contributed by atoms with Gasteiger partial charge in [-0.05, 0) is 52.0 Å². The molecule has 2 amide bonds. The van der Waals surface area contributed by atoms with Crippen molar-refractivity contribution in [1.82, 2.24) is 9.88 Å². The van der Waals surface area contributed by atoms with Crippen LogP contribution in [0.15, 0.2) is 29.6 Å². The maximum Gasteiger partial charge on any atom is 0.273 e. The zero-order valence-corrected chi connectivity index (χ0v) is 15.9. The van der Waals surface area contributed by atoms with Gasteiger partial charge in [0, 0.05) is 30.1 Å². The molecule has 0 fully saturated rings. The van der Waals surface area contributed by atoms with Gasteiger partial charge in [0.25, 0.3) is 11.8 Å². The van der Waals surface area contributed by atoms with Crippen LogP contribution in [-0.4, -0.2) is 40.8 Å². The largest absolute Gasteiger partial charge is 0.333 e. The van der Waals surface area contributed by atoms with Gasteiger partial charge in [0.05, 0.1) is 0 Å². The Morgan fingerprint density at radius 1 is 1.16 bits per heavy atom. The lowest BCUT2D eigenvalue weighted by Gasteiger charge is -2.34. The fourth-order valence-corrected chi connectivity index (χ4v) is 3.21. The number of aromatic nitrogens is 1. The minimum atomic E-state index is -0.400. The molecule has 7 heteroatoms. The quantitative estimate of drug-likeness (QED) is 0.830. The molecule has 0 saturated heterocycles. The first-order chi connectivity index (χ1) is 11.6. The van der Waals surface area contributed by atoms with Gasteiger partial charge in [0.1, 0.15) is 11.5 Å². The van der Waals surface area contributed by atoms with Crippen LogP contribution in [0.25, 0.3) is 0 Å². The second kappa shape index (κ2) is 7.31. The normalized spacial score (nSPS) is 11.3. The van der Waals surface area contributed by atoms with Gasteiger partial charge < -0.3 is 4.90 Å². The van der Waals surface area contributed by atoms with Crippen molar-refractivity contribution in [1.29, 1.82) is 0 Å². The number of thiazole rings is 1. The predicted octanol–water partition coefficient (Wildman–Crippen LogP) is 3.82. The number of nitrogens with zero attached hydrogens (tertiary/aromatic N) is 3. The van der Waals surface area contributed by atoms with E-state index in [1.165, 1.54) is 40.5 Å². The second-order valence-electron chi connectivity index (χ2n) is 6.61. The molecule has 0 spiro atoms. The maximum absolute atomic E-state index is 13.0. The van der Waals surface area contributed by atoms with E-state index in [2.05, 4.69) is 4.98 Å². The van der Waals surface area contributed by atoms with Crippen LogP contribution < -0.4 is 4.90 Å². The van der Waals surface area contributed by atoms with E-state index in [0.29, 0.717) is 22.9 Å². The van der Waals surface area contributed by atoms with Gasteiger partial charge in [0.15, 0.2) is 5.13 Å². The Hall–Kier alpha value is -2.28. The molecule has 25 heavy (non-hydrogen) atoms. The van der Waals surface area contributed by atoms with Crippen LogP contribution in [0.3, 0.4) is 0 Å². The van der Waals surface area contributed by atoms with Gasteiger partial charge >= 0.3 is 0 Å². The molecule has 5 nitrogen and oxygen atoms in total. The van der Waals surface area contributed by atoms with E-state index >= 15 is 0 Å². The average molecular weight is 363 g/mol. The molecule has 1 aromatic heterocycles. The number of rotatable bonds is 4. The molecule has 0 saturated carbocycles. The molecule has 0 radical (unpaired) electrons. The number of amides is 2. The predicted molar refractivity (Wildman–Crippen MR) is 97.7 cm³/mol. The first-order valence-electron chi connectivity index (χ1n) is 7.96. The van der Waals surface area contributed by atoms with E-state index < -0.39 is 5.82 Å². The third-order valence-electron chi connectivity index (χ3n) is 3.77. The van der Waals surface area contributed by atoms with Crippen LogP contribution >= 0.6 is 11.3 Å². The van der Waals surface area contributed by atoms with E-state index in [1.54, 1.807) is 17.3 Å². The Kier molecular flexibility index (Phi) is 5.57. The molecular formula is C18H22FN3O2S. The van der Waals surface area contributed by atoms with E-state index in [4.69, 9.17) is 0 Å². The summed E-state index contributed by atoms with van der Waals surface area (Å²) in [4.78, 5) is 32.5. The van der Waals surface area contributed by atoms with Crippen LogP contribution in [0.5, 0.6) is 0 Å². The van der Waals surface area contributed by atoms with Crippen LogP contribution in [0.1, 0.15) is 48.5 Å². The Bertz CT molecular complexity index is 765. The first kappa shape index (κ1) is 19.1. The van der Waals surface area contributed by atoms with E-state index in [0.717, 1.165) is 0 Å². The highest BCUT2D eigenvalue weighted by atomic mass is 32.1. The molecule has 0 N–H and O–H groups in total. The third kappa shape index (κ3) is 4.22. The van der Waals surface area contributed by atoms with Gasteiger partial charge in [-0.1, -0.05) is 0 Å². The molecule has 2 aromatic rings. The van der Waals surface area contributed by atoms with Gasteiger partial charge in [-0.2, -0.15) is 0 Å². The summed E-state index contributed by atoms with van der Waals surface area (Å²) in [7, 11) is 1.58. The Balaban J connectivity index is 2.21. The summed E-state index contributed by atoms with van der Waals surface area (Å²) >= 11 is 1.22. The number of hydrogen-bond donors (Lipinski definition) is 0. The Labute approximate surface area is 151 Å². The molecule has 0 bridgehead atoms. The van der Waals surface area contributed by atoms with E-state index in [9.17, 15) is 14.0 Å². The lowest BCUT2D eigenvalue weighted by atomic mass is 10.1. The minimum Gasteiger partial charge on any atom is -0.333 e. The summed E-state index contributed by atoms with van der Waals surface area (Å²) in [6, 6.07) is 5.32. The summed E-state index contributed by atoms with van der Waals surface area (Å²) in [6.07, 6.45) is 0. The zero-order chi connectivity index (χ0) is 18.8. The zero-order valence-electron chi connectivity index (χ0n) is 15.0. The van der Waals surface area contributed by atoms with E-state index in [-0.39, 0.29) is 17.4 Å². The van der Waals surface area contributed by atoms with Crippen molar-refractivity contribution >= 4 is 28.3 Å². The van der Waals surface area contributed by atoms with Crippen LogP contribution in [0, 0.1) is 5.82 Å². The fraction of sp³-hybridized carbons (Fsp3) is 0.389. The molecule has 2 rings (SSSR count). The molecule has 0 aliphatic rings. The standard InChI is InChI=1S/C18H22FN3O2S/c1-6-22(18(2,3)4)16(24)14-11-25-17(20-14)21(5)15(23)12-7-9-13(19)10-8-12/h7-11H,6H2,1-5H3. The SMILES string of the molecule is CCN(C(=O)c1csc(N(C)C(=O)c2ccc(F)cc2)n1)C(C)(C)C. The van der Waals surface area contributed by atoms with Crippen molar-refractivity contribution in [3.05, 3.63) is 46.7 Å². The highest BCUT2D eigenvalue weighted by Crippen LogP contribution is 2.24. The second-order valence-corrected chi connectivity index (χ2v) is 7.44. The van der Waals surface area contributed by atoms with Crippen molar-refractivity contribution in [2.75, 3.05) is 18.5 Å². The summed E-state index contributed by atoms with van der Waals surface area (Å²) in [5.74, 6) is -0.875. The van der Waals surface area contributed by atoms with Crippen molar-refractivity contribution in [3.63, 3.8) is 0 Å². The number of anilines is 1. The summed E-state index contributed by atoms with van der Waals surface area (Å²) in [5, 5.41) is 2.07. The van der Waals surface area contributed by atoms with Crippen molar-refractivity contribution in [2.45, 2.75) is 33.2 Å². The van der Waals surface area contributed by atoms with Crippen LogP contribution in [-0.2, 0) is 0 Å². The smallest absolute Gasteiger partial charge is 0.273 e. The molecule has 0 aliphatic carbocycles. The van der Waals surface area contributed by atoms with Crippen molar-refractivity contribution in [3.8, 4) is 0 Å². The lowest BCUT2D eigenvalue weighted by molar-refractivity contribution is 0.0593. The average Bonchev–Trinajstić information content (AvgIpc) is 3.03. The van der Waals surface area contributed by atoms with Crippen LogP contribution in [0.2, 0.25) is 0 Å². The minimum absolute atomic E-state index is 0.167. The number of halogens is 1. The topological polar surface area (TPSA) is 53.5 Å². The highest BCUT2D eigenvalue weighted by Gasteiger charge is 2.28. The van der Waals surface area contributed by atoms with Crippen LogP contribution in [0.4, 0.5) is 9.52 Å². The molecule has 0 unspecified atom stereocenters. The Morgan fingerprint density at radius 2 is 1.76 bits per heavy atom. The molecular weight excluding hydrogens is 341 g/mol. The third-order valence-corrected chi connectivity index (χ3v) is 4.68. The van der Waals surface area contributed by atoms with Gasteiger partial charge in [-0.15, -0.1) is 11.3 Å².